The maximum atomic E-state index is 12.5. The summed E-state index contributed by atoms with van der Waals surface area (Å²) >= 11 is 0. The number of carboxylic acids is 1. The first-order valence-corrected chi connectivity index (χ1v) is 8.27. The molecule has 3 aromatic rings. The van der Waals surface area contributed by atoms with Gasteiger partial charge in [-0.15, -0.1) is 4.68 Å². The molecular formula is C19H17N3O6. The predicted molar refractivity (Wildman–Crippen MR) is 103 cm³/mol. The molecule has 28 heavy (non-hydrogen) atoms. The van der Waals surface area contributed by atoms with Gasteiger partial charge >= 0.3 is 11.7 Å². The van der Waals surface area contributed by atoms with Crippen LogP contribution in [0.15, 0.2) is 57.2 Å². The average Bonchev–Trinajstić information content (AvgIpc) is 2.68. The summed E-state index contributed by atoms with van der Waals surface area (Å²) in [7, 11) is 1.41. The van der Waals surface area contributed by atoms with Gasteiger partial charge in [0.05, 0.1) is 24.2 Å². The fourth-order valence-electron chi connectivity index (χ4n) is 2.53. The second kappa shape index (κ2) is 7.78. The SMILES string of the molecule is COc1cccc(C=Nn2c(=O)[nH]c3ccccc3c2=O)c1OC(C)C(=O)O. The zero-order valence-corrected chi connectivity index (χ0v) is 15.1. The molecule has 0 amide bonds. The quantitative estimate of drug-likeness (QED) is 0.621. The highest BCUT2D eigenvalue weighted by Crippen LogP contribution is 2.31. The molecule has 1 atom stereocenters. The number of aromatic nitrogens is 2. The van der Waals surface area contributed by atoms with Crippen molar-refractivity contribution in [3.8, 4) is 11.5 Å². The van der Waals surface area contributed by atoms with Crippen LogP contribution in [-0.4, -0.2) is 40.2 Å². The molecule has 0 fully saturated rings. The lowest BCUT2D eigenvalue weighted by Crippen LogP contribution is -2.32. The normalized spacial score (nSPS) is 12.2. The van der Waals surface area contributed by atoms with Crippen LogP contribution in [0.4, 0.5) is 0 Å². The number of nitrogens with zero attached hydrogens (tertiary/aromatic N) is 2. The molecule has 9 nitrogen and oxygen atoms in total. The molecule has 0 aliphatic heterocycles. The molecular weight excluding hydrogens is 366 g/mol. The lowest BCUT2D eigenvalue weighted by Gasteiger charge is -2.15. The van der Waals surface area contributed by atoms with Crippen molar-refractivity contribution in [3.63, 3.8) is 0 Å². The van der Waals surface area contributed by atoms with Crippen LogP contribution < -0.4 is 20.7 Å². The Balaban J connectivity index is 2.08. The zero-order valence-electron chi connectivity index (χ0n) is 15.1. The number of fused-ring (bicyclic) bond motifs is 1. The molecule has 0 saturated carbocycles. The number of rotatable bonds is 6. The number of H-pyrrole nitrogens is 1. The number of carboxylic acid groups (broad SMARTS) is 1. The van der Waals surface area contributed by atoms with E-state index in [0.29, 0.717) is 21.1 Å². The van der Waals surface area contributed by atoms with Gasteiger partial charge in [-0.25, -0.2) is 9.59 Å². The lowest BCUT2D eigenvalue weighted by atomic mass is 10.2. The summed E-state index contributed by atoms with van der Waals surface area (Å²) in [6.45, 7) is 1.37. The average molecular weight is 383 g/mol. The Hall–Kier alpha value is -3.88. The molecule has 2 N–H and O–H groups in total. The van der Waals surface area contributed by atoms with E-state index in [1.54, 1.807) is 42.5 Å². The summed E-state index contributed by atoms with van der Waals surface area (Å²) < 4.78 is 11.4. The largest absolute Gasteiger partial charge is 0.493 e. The van der Waals surface area contributed by atoms with Crippen LogP contribution in [0.1, 0.15) is 12.5 Å². The summed E-state index contributed by atoms with van der Waals surface area (Å²) in [6, 6.07) is 11.4. The van der Waals surface area contributed by atoms with E-state index in [1.165, 1.54) is 20.2 Å². The first kappa shape index (κ1) is 18.9. The minimum atomic E-state index is -1.16. The first-order chi connectivity index (χ1) is 13.4. The fraction of sp³-hybridized carbons (Fsp3) is 0.158. The number of hydrogen-bond acceptors (Lipinski definition) is 6. The van der Waals surface area contributed by atoms with Crippen LogP contribution in [0.25, 0.3) is 10.9 Å². The van der Waals surface area contributed by atoms with Crippen molar-refractivity contribution in [1.82, 2.24) is 9.66 Å². The van der Waals surface area contributed by atoms with Gasteiger partial charge in [0, 0.05) is 5.56 Å². The maximum Gasteiger partial charge on any atom is 0.349 e. The molecule has 1 unspecified atom stereocenters. The summed E-state index contributed by atoms with van der Waals surface area (Å²) in [5.41, 5.74) is -0.541. The zero-order chi connectivity index (χ0) is 20.3. The molecule has 1 heterocycles. The number of aromatic amines is 1. The molecule has 2 aromatic carbocycles. The second-order valence-corrected chi connectivity index (χ2v) is 5.81. The van der Waals surface area contributed by atoms with Crippen molar-refractivity contribution in [1.29, 1.82) is 0 Å². The van der Waals surface area contributed by atoms with Gasteiger partial charge < -0.3 is 19.6 Å². The monoisotopic (exact) mass is 383 g/mol. The molecule has 0 aliphatic carbocycles. The van der Waals surface area contributed by atoms with Gasteiger partial charge in [-0.2, -0.15) is 5.10 Å². The van der Waals surface area contributed by atoms with Crippen LogP contribution in [0.5, 0.6) is 11.5 Å². The second-order valence-electron chi connectivity index (χ2n) is 5.81. The van der Waals surface area contributed by atoms with Gasteiger partial charge in [0.1, 0.15) is 0 Å². The number of ether oxygens (including phenoxy) is 2. The lowest BCUT2D eigenvalue weighted by molar-refractivity contribution is -0.144. The molecule has 0 radical (unpaired) electrons. The molecule has 3 rings (SSSR count). The van der Waals surface area contributed by atoms with Crippen molar-refractivity contribution in [2.24, 2.45) is 5.10 Å². The molecule has 0 saturated heterocycles. The van der Waals surface area contributed by atoms with Crippen molar-refractivity contribution in [2.75, 3.05) is 7.11 Å². The topological polar surface area (TPSA) is 123 Å². The van der Waals surface area contributed by atoms with Gasteiger partial charge in [-0.05, 0) is 31.2 Å². The Morgan fingerprint density at radius 1 is 1.21 bits per heavy atom. The summed E-state index contributed by atoms with van der Waals surface area (Å²) in [5.74, 6) is -0.735. The predicted octanol–water partition coefficient (Wildman–Crippen LogP) is 1.43. The fourth-order valence-corrected chi connectivity index (χ4v) is 2.53. The summed E-state index contributed by atoms with van der Waals surface area (Å²) in [4.78, 5) is 38.4. The van der Waals surface area contributed by atoms with Gasteiger partial charge in [0.2, 0.25) is 0 Å². The van der Waals surface area contributed by atoms with E-state index in [9.17, 15) is 14.4 Å². The van der Waals surface area contributed by atoms with E-state index >= 15 is 0 Å². The highest BCUT2D eigenvalue weighted by atomic mass is 16.5. The molecule has 9 heteroatoms. The van der Waals surface area contributed by atoms with Crippen LogP contribution in [0, 0.1) is 0 Å². The Kier molecular flexibility index (Phi) is 5.25. The van der Waals surface area contributed by atoms with Crippen LogP contribution in [0.2, 0.25) is 0 Å². The number of benzene rings is 2. The summed E-state index contributed by atoms with van der Waals surface area (Å²) in [5, 5.41) is 13.4. The van der Waals surface area contributed by atoms with Crippen LogP contribution in [-0.2, 0) is 4.79 Å². The molecule has 0 spiro atoms. The van der Waals surface area contributed by atoms with Crippen molar-refractivity contribution < 1.29 is 19.4 Å². The Morgan fingerprint density at radius 3 is 2.68 bits per heavy atom. The van der Waals surface area contributed by atoms with Crippen molar-refractivity contribution in [2.45, 2.75) is 13.0 Å². The van der Waals surface area contributed by atoms with E-state index in [1.807, 2.05) is 0 Å². The van der Waals surface area contributed by atoms with E-state index in [4.69, 9.17) is 14.6 Å². The number of nitrogens with one attached hydrogen (secondary N) is 1. The standard InChI is InChI=1S/C19H17N3O6/c1-11(18(24)25)28-16-12(6-5-9-15(16)27-2)10-20-22-17(23)13-7-3-4-8-14(13)21-19(22)26/h3-11H,1-2H3,(H,21,26)(H,24,25). The minimum absolute atomic E-state index is 0.133. The molecule has 0 aliphatic rings. The third-order valence-electron chi connectivity index (χ3n) is 3.97. The van der Waals surface area contributed by atoms with Gasteiger partial charge in [-0.3, -0.25) is 4.79 Å². The van der Waals surface area contributed by atoms with E-state index < -0.39 is 23.3 Å². The third kappa shape index (κ3) is 3.63. The maximum absolute atomic E-state index is 12.5. The Labute approximate surface area is 158 Å². The van der Waals surface area contributed by atoms with Crippen molar-refractivity contribution >= 4 is 23.1 Å². The third-order valence-corrected chi connectivity index (χ3v) is 3.97. The Morgan fingerprint density at radius 2 is 1.96 bits per heavy atom. The molecule has 144 valence electrons. The minimum Gasteiger partial charge on any atom is -0.493 e. The number of methoxy groups -OCH3 is 1. The molecule has 0 bridgehead atoms. The van der Waals surface area contributed by atoms with Gasteiger partial charge in [-0.1, -0.05) is 18.2 Å². The molecule has 1 aromatic heterocycles. The summed E-state index contributed by atoms with van der Waals surface area (Å²) in [6.07, 6.45) is 0.0907. The van der Waals surface area contributed by atoms with Gasteiger partial charge in [0.15, 0.2) is 17.6 Å². The number of aliphatic carboxylic acids is 1. The number of hydrogen-bond donors (Lipinski definition) is 2. The van der Waals surface area contributed by atoms with E-state index in [2.05, 4.69) is 10.1 Å². The Bertz CT molecular complexity index is 1180. The van der Waals surface area contributed by atoms with E-state index in [0.717, 1.165) is 0 Å². The highest BCUT2D eigenvalue weighted by Gasteiger charge is 2.18. The van der Waals surface area contributed by atoms with Crippen molar-refractivity contribution in [3.05, 3.63) is 68.9 Å². The smallest absolute Gasteiger partial charge is 0.349 e. The number of carbonyl (C=O) groups is 1. The van der Waals surface area contributed by atoms with E-state index in [-0.39, 0.29) is 11.5 Å². The first-order valence-electron chi connectivity index (χ1n) is 8.27. The van der Waals surface area contributed by atoms with Crippen LogP contribution >= 0.6 is 0 Å². The number of para-hydroxylation sites is 2. The highest BCUT2D eigenvalue weighted by molar-refractivity contribution is 5.85. The van der Waals surface area contributed by atoms with Gasteiger partial charge in [0.25, 0.3) is 5.56 Å². The van der Waals surface area contributed by atoms with Crippen LogP contribution in [0.3, 0.4) is 0 Å².